The minimum Gasteiger partial charge on any atom is -0.492 e. The molecule has 170 valence electrons. The summed E-state index contributed by atoms with van der Waals surface area (Å²) in [6.07, 6.45) is 6.46. The van der Waals surface area contributed by atoms with Gasteiger partial charge in [-0.25, -0.2) is 8.42 Å². The van der Waals surface area contributed by atoms with E-state index in [-0.39, 0.29) is 0 Å². The smallest absolute Gasteiger partial charge is 0.191 e. The lowest BCUT2D eigenvalue weighted by molar-refractivity contribution is 0.161. The Morgan fingerprint density at radius 1 is 1.10 bits per heavy atom. The quantitative estimate of drug-likeness (QED) is 0.350. The van der Waals surface area contributed by atoms with Crippen molar-refractivity contribution in [2.75, 3.05) is 46.1 Å². The molecule has 1 aliphatic rings. The number of sulfone groups is 1. The highest BCUT2D eigenvalue weighted by Crippen LogP contribution is 2.17. The van der Waals surface area contributed by atoms with Crippen LogP contribution in [0.2, 0.25) is 0 Å². The lowest BCUT2D eigenvalue weighted by atomic mass is 10.0. The number of likely N-dealkylation sites (tertiary alicyclic amines) is 1. The summed E-state index contributed by atoms with van der Waals surface area (Å²) >= 11 is 0. The summed E-state index contributed by atoms with van der Waals surface area (Å²) in [5.74, 6) is 1.99. The van der Waals surface area contributed by atoms with Gasteiger partial charge in [0.05, 0.1) is 11.4 Å². The molecule has 0 aromatic heterocycles. The van der Waals surface area contributed by atoms with Crippen molar-refractivity contribution in [3.63, 3.8) is 0 Å². The highest BCUT2D eigenvalue weighted by atomic mass is 32.2. The van der Waals surface area contributed by atoms with Crippen LogP contribution in [0.25, 0.3) is 0 Å². The van der Waals surface area contributed by atoms with Gasteiger partial charge in [0, 0.05) is 25.9 Å². The Balaban J connectivity index is 1.75. The summed E-state index contributed by atoms with van der Waals surface area (Å²) in [6.45, 7) is 8.87. The Kier molecular flexibility index (Phi) is 9.91. The molecule has 1 unspecified atom stereocenters. The molecule has 0 bridgehead atoms. The van der Waals surface area contributed by atoms with E-state index in [0.717, 1.165) is 12.5 Å². The monoisotopic (exact) mass is 438 g/mol. The highest BCUT2D eigenvalue weighted by Gasteiger charge is 2.22. The summed E-state index contributed by atoms with van der Waals surface area (Å²) in [7, 11) is -1.41. The van der Waals surface area contributed by atoms with Crippen LogP contribution >= 0.6 is 0 Å². The van der Waals surface area contributed by atoms with E-state index < -0.39 is 9.84 Å². The molecule has 30 heavy (non-hydrogen) atoms. The number of hydrogen-bond donors (Lipinski definition) is 2. The molecule has 8 heteroatoms. The number of nitrogens with zero attached hydrogens (tertiary/aromatic N) is 2. The number of guanidine groups is 1. The zero-order valence-electron chi connectivity index (χ0n) is 18.9. The predicted molar refractivity (Wildman–Crippen MR) is 123 cm³/mol. The number of hydrogen-bond acceptors (Lipinski definition) is 5. The molecule has 1 aliphatic heterocycles. The van der Waals surface area contributed by atoms with Gasteiger partial charge in [0.1, 0.15) is 12.4 Å². The van der Waals surface area contributed by atoms with Gasteiger partial charge in [-0.3, -0.25) is 9.89 Å². The van der Waals surface area contributed by atoms with Gasteiger partial charge < -0.3 is 15.4 Å². The minimum atomic E-state index is -3.18. The number of benzene rings is 1. The summed E-state index contributed by atoms with van der Waals surface area (Å²) < 4.78 is 28.7. The maximum absolute atomic E-state index is 11.5. The van der Waals surface area contributed by atoms with Crippen LogP contribution in [0.3, 0.4) is 0 Å². The molecule has 1 heterocycles. The van der Waals surface area contributed by atoms with Crippen LogP contribution in [0, 0.1) is 5.92 Å². The van der Waals surface area contributed by atoms with Crippen LogP contribution in [0.15, 0.2) is 34.2 Å². The molecule has 1 fully saturated rings. The second-order valence-electron chi connectivity index (χ2n) is 8.23. The lowest BCUT2D eigenvalue weighted by Gasteiger charge is -2.34. The van der Waals surface area contributed by atoms with Crippen LogP contribution in [-0.2, 0) is 9.84 Å². The Morgan fingerprint density at radius 2 is 1.73 bits per heavy atom. The predicted octanol–water partition coefficient (Wildman–Crippen LogP) is 2.53. The fourth-order valence-electron chi connectivity index (χ4n) is 3.76. The molecule has 0 spiro atoms. The normalized spacial score (nSPS) is 17.4. The Morgan fingerprint density at radius 3 is 2.27 bits per heavy atom. The van der Waals surface area contributed by atoms with Gasteiger partial charge >= 0.3 is 0 Å². The minimum absolute atomic E-state index is 0.293. The Hall–Kier alpha value is -1.80. The van der Waals surface area contributed by atoms with Crippen molar-refractivity contribution in [2.24, 2.45) is 10.9 Å². The fraction of sp³-hybridized carbons (Fsp3) is 0.682. The number of rotatable bonds is 9. The van der Waals surface area contributed by atoms with Crippen molar-refractivity contribution < 1.29 is 13.2 Å². The zero-order chi connectivity index (χ0) is 22.0. The van der Waals surface area contributed by atoms with Crippen LogP contribution in [-0.4, -0.2) is 71.4 Å². The lowest BCUT2D eigenvalue weighted by Crippen LogP contribution is -2.50. The van der Waals surface area contributed by atoms with E-state index >= 15 is 0 Å². The molecule has 0 aliphatic carbocycles. The maximum Gasteiger partial charge on any atom is 0.191 e. The molecule has 2 N–H and O–H groups in total. The van der Waals surface area contributed by atoms with Gasteiger partial charge in [-0.05, 0) is 56.1 Å². The average molecular weight is 439 g/mol. The third kappa shape index (κ3) is 8.14. The first-order valence-corrected chi connectivity index (χ1v) is 12.8. The second-order valence-corrected chi connectivity index (χ2v) is 10.2. The van der Waals surface area contributed by atoms with E-state index in [0.29, 0.717) is 35.8 Å². The molecule has 1 saturated heterocycles. The topological polar surface area (TPSA) is 83.0 Å². The summed E-state index contributed by atoms with van der Waals surface area (Å²) in [4.78, 5) is 7.24. The van der Waals surface area contributed by atoms with Gasteiger partial charge in [0.2, 0.25) is 0 Å². The van der Waals surface area contributed by atoms with E-state index in [1.807, 2.05) is 0 Å². The van der Waals surface area contributed by atoms with Gasteiger partial charge in [0.15, 0.2) is 15.8 Å². The molecule has 7 nitrogen and oxygen atoms in total. The van der Waals surface area contributed by atoms with Crippen molar-refractivity contribution >= 4 is 15.8 Å². The van der Waals surface area contributed by atoms with E-state index in [2.05, 4.69) is 34.4 Å². The first-order valence-electron chi connectivity index (χ1n) is 10.9. The van der Waals surface area contributed by atoms with Gasteiger partial charge in [-0.15, -0.1) is 0 Å². The van der Waals surface area contributed by atoms with Crippen LogP contribution in [0.4, 0.5) is 0 Å². The molecule has 2 rings (SSSR count). The third-order valence-corrected chi connectivity index (χ3v) is 6.63. The van der Waals surface area contributed by atoms with Crippen molar-refractivity contribution in [1.82, 2.24) is 15.5 Å². The van der Waals surface area contributed by atoms with Crippen molar-refractivity contribution in [1.29, 1.82) is 0 Å². The highest BCUT2D eigenvalue weighted by molar-refractivity contribution is 7.90. The largest absolute Gasteiger partial charge is 0.492 e. The van der Waals surface area contributed by atoms with E-state index in [4.69, 9.17) is 4.74 Å². The van der Waals surface area contributed by atoms with E-state index in [9.17, 15) is 8.42 Å². The summed E-state index contributed by atoms with van der Waals surface area (Å²) in [5.41, 5.74) is 0. The maximum atomic E-state index is 11.5. The Bertz CT molecular complexity index is 755. The first-order chi connectivity index (χ1) is 14.3. The number of aliphatic imine (C=N–C) groups is 1. The van der Waals surface area contributed by atoms with E-state index in [1.54, 1.807) is 31.3 Å². The first kappa shape index (κ1) is 24.5. The molecule has 0 amide bonds. The van der Waals surface area contributed by atoms with Crippen LogP contribution in [0.5, 0.6) is 5.75 Å². The molecular formula is C22H38N4O3S. The summed E-state index contributed by atoms with van der Waals surface area (Å²) in [5, 5.41) is 6.75. The number of ether oxygens (including phenoxy) is 1. The van der Waals surface area contributed by atoms with Crippen LogP contribution < -0.4 is 15.4 Å². The molecule has 0 saturated carbocycles. The van der Waals surface area contributed by atoms with Crippen molar-refractivity contribution in [3.8, 4) is 5.75 Å². The van der Waals surface area contributed by atoms with Crippen LogP contribution in [0.1, 0.15) is 39.5 Å². The SMILES string of the molecule is CN=C(NCCOc1ccc(S(C)(=O)=O)cc1)NCC(C(C)C)N1CCCCCC1. The second kappa shape index (κ2) is 12.2. The van der Waals surface area contributed by atoms with Crippen molar-refractivity contribution in [2.45, 2.75) is 50.5 Å². The third-order valence-electron chi connectivity index (χ3n) is 5.50. The zero-order valence-corrected chi connectivity index (χ0v) is 19.7. The van der Waals surface area contributed by atoms with Gasteiger partial charge in [0.25, 0.3) is 0 Å². The molecule has 0 radical (unpaired) electrons. The average Bonchev–Trinajstić information content (AvgIpc) is 2.98. The Labute approximate surface area is 182 Å². The molecular weight excluding hydrogens is 400 g/mol. The summed E-state index contributed by atoms with van der Waals surface area (Å²) in [6, 6.07) is 6.97. The van der Waals surface area contributed by atoms with Crippen molar-refractivity contribution in [3.05, 3.63) is 24.3 Å². The van der Waals surface area contributed by atoms with Gasteiger partial charge in [-0.2, -0.15) is 0 Å². The molecule has 1 atom stereocenters. The molecule has 1 aromatic rings. The van der Waals surface area contributed by atoms with E-state index in [1.165, 1.54) is 45.0 Å². The van der Waals surface area contributed by atoms with Gasteiger partial charge in [-0.1, -0.05) is 26.7 Å². The molecule has 1 aromatic carbocycles. The number of nitrogens with one attached hydrogen (secondary N) is 2. The fourth-order valence-corrected chi connectivity index (χ4v) is 4.39. The standard InChI is InChI=1S/C22H38N4O3S/c1-18(2)21(26-14-7-5-6-8-15-26)17-25-22(23-3)24-13-16-29-19-9-11-20(12-10-19)30(4,27)28/h9-12,18,21H,5-8,13-17H2,1-4H3,(H2,23,24,25).